The van der Waals surface area contributed by atoms with E-state index in [1.165, 1.54) is 0 Å². The fraction of sp³-hybridized carbons (Fsp3) is 0.889. The summed E-state index contributed by atoms with van der Waals surface area (Å²) in [7, 11) is 0. The largest absolute Gasteiger partial charge is 0.390 e. The van der Waals surface area contributed by atoms with Crippen molar-refractivity contribution < 1.29 is 14.7 Å². The van der Waals surface area contributed by atoms with Crippen molar-refractivity contribution in [3.63, 3.8) is 0 Å². The zero-order valence-corrected chi connectivity index (χ0v) is 13.9. The summed E-state index contributed by atoms with van der Waals surface area (Å²) in [6, 6.07) is 0.214. The van der Waals surface area contributed by atoms with Gasteiger partial charge in [-0.1, -0.05) is 0 Å². The van der Waals surface area contributed by atoms with Gasteiger partial charge in [-0.05, 0) is 62.7 Å². The molecule has 3 unspecified atom stereocenters. The number of hydrogen-bond donors (Lipinski definition) is 2. The number of rotatable bonds is 3. The first-order valence-corrected chi connectivity index (χ1v) is 9.24. The van der Waals surface area contributed by atoms with Gasteiger partial charge in [-0.3, -0.25) is 19.4 Å². The smallest absolute Gasteiger partial charge is 0.301 e. The fourth-order valence-corrected chi connectivity index (χ4v) is 7.05. The maximum atomic E-state index is 13.3. The number of hydrogen-bond acceptors (Lipinski definition) is 4. The summed E-state index contributed by atoms with van der Waals surface area (Å²) in [6.45, 7) is 7.40. The van der Waals surface area contributed by atoms with Gasteiger partial charge in [-0.25, -0.2) is 12.5 Å². The Hall–Kier alpha value is -1.16. The Kier molecular flexibility index (Phi) is 2.97. The minimum Gasteiger partial charge on any atom is -0.390 e. The Morgan fingerprint density at radius 2 is 1.96 bits per heavy atom. The molecule has 1 amide bonds. The molecule has 6 rings (SSSR count). The van der Waals surface area contributed by atoms with E-state index in [2.05, 4.69) is 4.85 Å². The topological polar surface area (TPSA) is 80.2 Å². The highest BCUT2D eigenvalue weighted by atomic mass is 16.6. The normalized spacial score (nSPS) is 52.0. The van der Waals surface area contributed by atoms with E-state index in [0.717, 1.165) is 44.9 Å². The molecule has 0 spiro atoms. The SMILES string of the molecule is [C-]#[N+][C@@H]1C[C@@H]2C[C@@H]2N1C(=O)C(ON)C12CC3CC(CC(O)(C3)C1)C2. The van der Waals surface area contributed by atoms with Gasteiger partial charge >= 0.3 is 6.17 Å². The lowest BCUT2D eigenvalue weighted by molar-refractivity contribution is -0.211. The van der Waals surface area contributed by atoms with Crippen LogP contribution in [-0.4, -0.2) is 39.8 Å². The number of amides is 1. The Bertz CT molecular complexity index is 615. The molecule has 0 aromatic carbocycles. The van der Waals surface area contributed by atoms with Crippen LogP contribution in [0.2, 0.25) is 0 Å². The van der Waals surface area contributed by atoms with Crippen LogP contribution in [0.15, 0.2) is 0 Å². The second-order valence-electron chi connectivity index (χ2n) is 9.22. The van der Waals surface area contributed by atoms with Crippen molar-refractivity contribution in [3.8, 4) is 0 Å². The molecule has 5 aliphatic carbocycles. The molecule has 0 radical (unpaired) electrons. The molecule has 4 bridgehead atoms. The first-order chi connectivity index (χ1) is 11.5. The highest BCUT2D eigenvalue weighted by molar-refractivity contribution is 5.83. The quantitative estimate of drug-likeness (QED) is 0.606. The Morgan fingerprint density at radius 3 is 2.54 bits per heavy atom. The first kappa shape index (κ1) is 15.1. The predicted molar refractivity (Wildman–Crippen MR) is 84.9 cm³/mol. The second-order valence-corrected chi connectivity index (χ2v) is 9.22. The van der Waals surface area contributed by atoms with Crippen molar-refractivity contribution in [2.24, 2.45) is 29.1 Å². The molecule has 24 heavy (non-hydrogen) atoms. The van der Waals surface area contributed by atoms with Crippen LogP contribution in [0.3, 0.4) is 0 Å². The monoisotopic (exact) mass is 331 g/mol. The van der Waals surface area contributed by atoms with Gasteiger partial charge < -0.3 is 5.11 Å². The van der Waals surface area contributed by atoms with E-state index in [-0.39, 0.29) is 23.5 Å². The minimum atomic E-state index is -0.710. The van der Waals surface area contributed by atoms with Gasteiger partial charge in [0.05, 0.1) is 5.60 Å². The lowest BCUT2D eigenvalue weighted by Gasteiger charge is -2.61. The predicted octanol–water partition coefficient (Wildman–Crippen LogP) is 1.44. The molecule has 1 aliphatic heterocycles. The number of nitrogens with two attached hydrogens (primary N) is 1. The van der Waals surface area contributed by atoms with Crippen LogP contribution in [0.1, 0.15) is 51.4 Å². The van der Waals surface area contributed by atoms with Crippen molar-refractivity contribution in [2.75, 3.05) is 0 Å². The van der Waals surface area contributed by atoms with Gasteiger partial charge in [0.1, 0.15) is 0 Å². The van der Waals surface area contributed by atoms with Crippen LogP contribution >= 0.6 is 0 Å². The van der Waals surface area contributed by atoms with Gasteiger partial charge in [-0.2, -0.15) is 0 Å². The number of nitrogens with zero attached hydrogens (tertiary/aromatic N) is 2. The van der Waals surface area contributed by atoms with Gasteiger partial charge in [0.2, 0.25) is 0 Å². The Balaban J connectivity index is 1.46. The molecule has 6 heteroatoms. The van der Waals surface area contributed by atoms with E-state index in [0.29, 0.717) is 24.2 Å². The van der Waals surface area contributed by atoms with E-state index < -0.39 is 11.7 Å². The summed E-state index contributed by atoms with van der Waals surface area (Å²) in [4.78, 5) is 24.0. The number of aliphatic hydroxyl groups is 1. The van der Waals surface area contributed by atoms with E-state index in [9.17, 15) is 9.90 Å². The summed E-state index contributed by atoms with van der Waals surface area (Å²) in [5.41, 5.74) is -0.988. The van der Waals surface area contributed by atoms with Crippen molar-refractivity contribution >= 4 is 5.91 Å². The van der Waals surface area contributed by atoms with E-state index in [1.807, 2.05) is 0 Å². The molecule has 0 aromatic heterocycles. The highest BCUT2D eigenvalue weighted by Gasteiger charge is 2.65. The number of likely N-dealkylation sites (tertiary alicyclic amines) is 1. The zero-order chi connectivity index (χ0) is 16.7. The lowest BCUT2D eigenvalue weighted by Crippen LogP contribution is -2.63. The standard InChI is InChI=1S/C18H25N3O3/c1-20-14-4-12-3-13(12)21(14)16(22)15(24-19)17-5-10-2-11(6-17)8-18(23,7-10)9-17/h10-15,23H,2-9,19H2/t10?,11?,12-,13-,14-,15?,17?,18?/m0/s1. The number of fused-ring (bicyclic) bond motifs is 1. The Morgan fingerprint density at radius 1 is 1.25 bits per heavy atom. The maximum Gasteiger partial charge on any atom is 0.301 e. The third-order valence-electron chi connectivity index (χ3n) is 7.47. The third-order valence-corrected chi connectivity index (χ3v) is 7.47. The number of carbonyl (C=O) groups excluding carboxylic acids is 1. The molecule has 3 N–H and O–H groups in total. The molecule has 6 nitrogen and oxygen atoms in total. The lowest BCUT2D eigenvalue weighted by atomic mass is 9.46. The molecule has 130 valence electrons. The molecular weight excluding hydrogens is 306 g/mol. The highest BCUT2D eigenvalue weighted by Crippen LogP contribution is 2.63. The van der Waals surface area contributed by atoms with E-state index in [4.69, 9.17) is 17.3 Å². The Labute approximate surface area is 142 Å². The van der Waals surface area contributed by atoms with Crippen molar-refractivity contribution in [2.45, 2.75) is 75.3 Å². The first-order valence-electron chi connectivity index (χ1n) is 9.24. The zero-order valence-electron chi connectivity index (χ0n) is 13.9. The summed E-state index contributed by atoms with van der Waals surface area (Å²) < 4.78 is 0. The van der Waals surface area contributed by atoms with Crippen LogP contribution in [0.4, 0.5) is 0 Å². The maximum absolute atomic E-state index is 13.3. The number of carbonyl (C=O) groups is 1. The van der Waals surface area contributed by atoms with Crippen LogP contribution in [-0.2, 0) is 9.63 Å². The van der Waals surface area contributed by atoms with E-state index in [1.54, 1.807) is 4.90 Å². The molecule has 0 aromatic rings. The van der Waals surface area contributed by atoms with Gasteiger partial charge in [-0.15, -0.1) is 0 Å². The number of piperidine rings is 1. The summed E-state index contributed by atoms with van der Waals surface area (Å²) >= 11 is 0. The van der Waals surface area contributed by atoms with Crippen molar-refractivity contribution in [3.05, 3.63) is 11.4 Å². The van der Waals surface area contributed by atoms with Gasteiger partial charge in [0.25, 0.3) is 5.91 Å². The van der Waals surface area contributed by atoms with Crippen LogP contribution in [0.25, 0.3) is 4.85 Å². The average molecular weight is 331 g/mol. The van der Waals surface area contributed by atoms with Crippen LogP contribution < -0.4 is 5.90 Å². The van der Waals surface area contributed by atoms with Crippen molar-refractivity contribution in [1.29, 1.82) is 0 Å². The summed E-state index contributed by atoms with van der Waals surface area (Å²) in [6.07, 6.45) is 6.07. The molecule has 5 saturated carbocycles. The summed E-state index contributed by atoms with van der Waals surface area (Å²) in [5.74, 6) is 6.99. The van der Waals surface area contributed by atoms with Crippen molar-refractivity contribution in [1.82, 2.24) is 4.90 Å². The average Bonchev–Trinajstić information content (AvgIpc) is 3.15. The fourth-order valence-electron chi connectivity index (χ4n) is 7.05. The second kappa shape index (κ2) is 4.72. The summed E-state index contributed by atoms with van der Waals surface area (Å²) in [5, 5.41) is 10.9. The van der Waals surface area contributed by atoms with Gasteiger partial charge in [0.15, 0.2) is 6.10 Å². The third kappa shape index (κ3) is 1.95. The minimum absolute atomic E-state index is 0.103. The van der Waals surface area contributed by atoms with Crippen LogP contribution in [0, 0.1) is 29.7 Å². The van der Waals surface area contributed by atoms with E-state index >= 15 is 0 Å². The molecular formula is C18H25N3O3. The molecule has 6 aliphatic rings. The van der Waals surface area contributed by atoms with Gasteiger partial charge in [0, 0.05) is 17.9 Å². The van der Waals surface area contributed by atoms with Crippen LogP contribution in [0.5, 0.6) is 0 Å². The molecule has 1 saturated heterocycles. The molecule has 1 heterocycles. The molecule has 6 fully saturated rings. The molecule has 6 atom stereocenters.